The second kappa shape index (κ2) is 5.61. The molecule has 0 aliphatic heterocycles. The molecular formula is C11H23NO. The van der Waals surface area contributed by atoms with Gasteiger partial charge in [0.2, 0.25) is 0 Å². The van der Waals surface area contributed by atoms with Gasteiger partial charge in [0.1, 0.15) is 0 Å². The van der Waals surface area contributed by atoms with Crippen LogP contribution in [0.15, 0.2) is 0 Å². The molecule has 13 heavy (non-hydrogen) atoms. The fourth-order valence-electron chi connectivity index (χ4n) is 1.99. The van der Waals surface area contributed by atoms with E-state index < -0.39 is 0 Å². The maximum atomic E-state index is 5.51. The van der Waals surface area contributed by atoms with E-state index in [1.54, 1.807) is 0 Å². The molecule has 1 N–H and O–H groups in total. The van der Waals surface area contributed by atoms with Gasteiger partial charge in [0.25, 0.3) is 0 Å². The van der Waals surface area contributed by atoms with Crippen molar-refractivity contribution in [1.82, 2.24) is 5.32 Å². The van der Waals surface area contributed by atoms with Gasteiger partial charge in [-0.15, -0.1) is 0 Å². The van der Waals surface area contributed by atoms with Crippen molar-refractivity contribution in [2.45, 2.75) is 64.6 Å². The number of hydrogen-bond donors (Lipinski definition) is 1. The highest BCUT2D eigenvalue weighted by Gasteiger charge is 2.29. The van der Waals surface area contributed by atoms with Crippen LogP contribution in [0.5, 0.6) is 0 Å². The molecule has 1 atom stereocenters. The summed E-state index contributed by atoms with van der Waals surface area (Å²) in [5.41, 5.74) is 0. The minimum absolute atomic E-state index is 0.538. The molecule has 0 aromatic rings. The normalized spacial score (nSPS) is 29.8. The molecule has 0 saturated heterocycles. The number of hydrogen-bond acceptors (Lipinski definition) is 2. The molecular weight excluding hydrogens is 162 g/mol. The molecule has 78 valence electrons. The molecule has 0 aromatic heterocycles. The molecule has 1 fully saturated rings. The van der Waals surface area contributed by atoms with E-state index in [1.165, 1.54) is 25.7 Å². The van der Waals surface area contributed by atoms with Gasteiger partial charge < -0.3 is 10.1 Å². The van der Waals surface area contributed by atoms with Crippen molar-refractivity contribution >= 4 is 0 Å². The van der Waals surface area contributed by atoms with Gasteiger partial charge in [0.15, 0.2) is 0 Å². The first-order chi connectivity index (χ1) is 6.26. The molecule has 2 nitrogen and oxygen atoms in total. The summed E-state index contributed by atoms with van der Waals surface area (Å²) in [5, 5.41) is 3.63. The molecule has 1 rings (SSSR count). The Bertz CT molecular complexity index is 132. The van der Waals surface area contributed by atoms with Gasteiger partial charge in [-0.25, -0.2) is 0 Å². The number of rotatable bonds is 6. The minimum Gasteiger partial charge on any atom is -0.378 e. The van der Waals surface area contributed by atoms with Crippen LogP contribution in [0.3, 0.4) is 0 Å². The highest BCUT2D eigenvalue weighted by Crippen LogP contribution is 2.23. The zero-order valence-electron chi connectivity index (χ0n) is 9.18. The van der Waals surface area contributed by atoms with E-state index in [2.05, 4.69) is 26.1 Å². The van der Waals surface area contributed by atoms with Gasteiger partial charge in [0, 0.05) is 18.7 Å². The monoisotopic (exact) mass is 185 g/mol. The Morgan fingerprint density at radius 2 is 2.08 bits per heavy atom. The van der Waals surface area contributed by atoms with Crippen LogP contribution in [0.4, 0.5) is 0 Å². The van der Waals surface area contributed by atoms with Crippen molar-refractivity contribution in [1.29, 1.82) is 0 Å². The first-order valence-electron chi connectivity index (χ1n) is 5.63. The molecule has 1 saturated carbocycles. The summed E-state index contributed by atoms with van der Waals surface area (Å²) in [6, 6.07) is 1.40. The van der Waals surface area contributed by atoms with Crippen LogP contribution in [0.25, 0.3) is 0 Å². The molecule has 0 heterocycles. The zero-order chi connectivity index (χ0) is 9.68. The van der Waals surface area contributed by atoms with Gasteiger partial charge in [-0.1, -0.05) is 13.3 Å². The van der Waals surface area contributed by atoms with Crippen molar-refractivity contribution < 1.29 is 4.74 Å². The predicted molar refractivity (Wildman–Crippen MR) is 55.9 cm³/mol. The molecule has 0 aromatic carbocycles. The Morgan fingerprint density at radius 1 is 1.38 bits per heavy atom. The Kier molecular flexibility index (Phi) is 4.74. The fraction of sp³-hybridized carbons (Fsp3) is 1.00. The van der Waals surface area contributed by atoms with E-state index in [0.29, 0.717) is 12.1 Å². The van der Waals surface area contributed by atoms with Crippen molar-refractivity contribution in [2.75, 3.05) is 6.61 Å². The molecule has 0 amide bonds. The van der Waals surface area contributed by atoms with Crippen LogP contribution < -0.4 is 5.32 Å². The maximum absolute atomic E-state index is 5.51. The molecule has 1 aliphatic rings. The fourth-order valence-corrected chi connectivity index (χ4v) is 1.99. The van der Waals surface area contributed by atoms with E-state index in [-0.39, 0.29) is 0 Å². The lowest BCUT2D eigenvalue weighted by Crippen LogP contribution is -2.48. The lowest BCUT2D eigenvalue weighted by Gasteiger charge is -2.37. The molecule has 0 spiro atoms. The summed E-state index contributed by atoms with van der Waals surface area (Å²) >= 11 is 0. The Morgan fingerprint density at radius 3 is 2.62 bits per heavy atom. The lowest BCUT2D eigenvalue weighted by atomic mass is 9.88. The van der Waals surface area contributed by atoms with Crippen LogP contribution in [0, 0.1) is 0 Å². The van der Waals surface area contributed by atoms with Crippen LogP contribution in [0.1, 0.15) is 46.5 Å². The largest absolute Gasteiger partial charge is 0.378 e. The minimum atomic E-state index is 0.538. The molecule has 1 aliphatic carbocycles. The van der Waals surface area contributed by atoms with E-state index in [9.17, 15) is 0 Å². The summed E-state index contributed by atoms with van der Waals surface area (Å²) in [5.74, 6) is 0. The van der Waals surface area contributed by atoms with Gasteiger partial charge in [-0.2, -0.15) is 0 Å². The molecule has 1 unspecified atom stereocenters. The van der Waals surface area contributed by atoms with Gasteiger partial charge in [0.05, 0.1) is 6.10 Å². The second-order valence-electron chi connectivity index (χ2n) is 4.10. The van der Waals surface area contributed by atoms with Crippen LogP contribution in [0.2, 0.25) is 0 Å². The van der Waals surface area contributed by atoms with Gasteiger partial charge >= 0.3 is 0 Å². The van der Waals surface area contributed by atoms with Crippen LogP contribution >= 0.6 is 0 Å². The van der Waals surface area contributed by atoms with Crippen LogP contribution in [-0.2, 0) is 4.74 Å². The van der Waals surface area contributed by atoms with Crippen LogP contribution in [-0.4, -0.2) is 24.8 Å². The smallest absolute Gasteiger partial charge is 0.0604 e. The third kappa shape index (κ3) is 3.65. The summed E-state index contributed by atoms with van der Waals surface area (Å²) in [7, 11) is 0. The second-order valence-corrected chi connectivity index (χ2v) is 4.10. The first-order valence-corrected chi connectivity index (χ1v) is 5.63. The number of nitrogens with one attached hydrogen (secondary N) is 1. The quantitative estimate of drug-likeness (QED) is 0.685. The molecule has 0 radical (unpaired) electrons. The van der Waals surface area contributed by atoms with Gasteiger partial charge in [-0.3, -0.25) is 0 Å². The SMILES string of the molecule is CCCC(C)NC1CC(OCC)C1. The summed E-state index contributed by atoms with van der Waals surface area (Å²) in [6.07, 6.45) is 5.52. The summed E-state index contributed by atoms with van der Waals surface area (Å²) in [4.78, 5) is 0. The maximum Gasteiger partial charge on any atom is 0.0604 e. The molecule has 2 heteroatoms. The summed E-state index contributed by atoms with van der Waals surface area (Å²) < 4.78 is 5.51. The lowest BCUT2D eigenvalue weighted by molar-refractivity contribution is -0.0121. The standard InChI is InChI=1S/C11H23NO/c1-4-6-9(3)12-10-7-11(8-10)13-5-2/h9-12H,4-8H2,1-3H3. The van der Waals surface area contributed by atoms with E-state index in [4.69, 9.17) is 4.74 Å². The molecule has 0 bridgehead atoms. The predicted octanol–water partition coefficient (Wildman–Crippen LogP) is 2.33. The van der Waals surface area contributed by atoms with E-state index >= 15 is 0 Å². The number of ether oxygens (including phenoxy) is 1. The average molecular weight is 185 g/mol. The van der Waals surface area contributed by atoms with Crippen molar-refractivity contribution in [2.24, 2.45) is 0 Å². The van der Waals surface area contributed by atoms with E-state index in [0.717, 1.165) is 12.6 Å². The van der Waals surface area contributed by atoms with Crippen molar-refractivity contribution in [3.8, 4) is 0 Å². The third-order valence-corrected chi connectivity index (χ3v) is 2.74. The average Bonchev–Trinajstić information content (AvgIpc) is 2.01. The third-order valence-electron chi connectivity index (χ3n) is 2.74. The Labute approximate surface area is 82.0 Å². The van der Waals surface area contributed by atoms with Crippen molar-refractivity contribution in [3.05, 3.63) is 0 Å². The van der Waals surface area contributed by atoms with Crippen molar-refractivity contribution in [3.63, 3.8) is 0 Å². The topological polar surface area (TPSA) is 21.3 Å². The zero-order valence-corrected chi connectivity index (χ0v) is 9.18. The Hall–Kier alpha value is -0.0800. The Balaban J connectivity index is 2.00. The first kappa shape index (κ1) is 11.0. The summed E-state index contributed by atoms with van der Waals surface area (Å²) in [6.45, 7) is 7.45. The highest BCUT2D eigenvalue weighted by molar-refractivity contribution is 4.87. The highest BCUT2D eigenvalue weighted by atomic mass is 16.5. The van der Waals surface area contributed by atoms with E-state index in [1.807, 2.05) is 0 Å². The van der Waals surface area contributed by atoms with Gasteiger partial charge in [-0.05, 0) is 33.1 Å².